The lowest BCUT2D eigenvalue weighted by Gasteiger charge is -2.35. The molecule has 0 spiro atoms. The maximum absolute atomic E-state index is 6.76. The molecule has 0 fully saturated rings. The van der Waals surface area contributed by atoms with Crippen molar-refractivity contribution >= 4 is 23.2 Å². The normalized spacial score (nSPS) is 12.5. The molecule has 182 valence electrons. The van der Waals surface area contributed by atoms with Gasteiger partial charge in [-0.1, -0.05) is 138 Å². The van der Waals surface area contributed by atoms with Crippen LogP contribution >= 0.6 is 23.2 Å². The summed E-state index contributed by atoms with van der Waals surface area (Å²) < 4.78 is 0.782. The summed E-state index contributed by atoms with van der Waals surface area (Å²) in [5, 5.41) is 0.774. The average molecular weight is 493 g/mol. The Balaban J connectivity index is 0.00000900. The second-order valence-electron chi connectivity index (χ2n) is 9.66. The topological polar surface area (TPSA) is 0 Å². The smallest absolute Gasteiger partial charge is 0.191 e. The van der Waals surface area contributed by atoms with Crippen LogP contribution in [0.4, 0.5) is 0 Å². The fourth-order valence-corrected chi connectivity index (χ4v) is 4.81. The minimum Gasteiger partial charge on any atom is -1.00 e. The predicted octanol–water partition coefficient (Wildman–Crippen LogP) is 6.92. The number of benzene rings is 1. The lowest BCUT2D eigenvalue weighted by Crippen LogP contribution is -3.00. The van der Waals surface area contributed by atoms with E-state index in [0.29, 0.717) is 0 Å². The van der Waals surface area contributed by atoms with Gasteiger partial charge in [-0.25, -0.2) is 0 Å². The van der Waals surface area contributed by atoms with E-state index in [1.165, 1.54) is 103 Å². The van der Waals surface area contributed by atoms with Gasteiger partial charge in [0.2, 0.25) is 0 Å². The molecule has 1 aromatic rings. The minimum atomic E-state index is -0.0879. The van der Waals surface area contributed by atoms with E-state index in [9.17, 15) is 0 Å². The van der Waals surface area contributed by atoms with Crippen molar-refractivity contribution in [1.29, 1.82) is 0 Å². The fourth-order valence-electron chi connectivity index (χ4n) is 4.23. The molecule has 1 aromatic carbocycles. The molecule has 0 aromatic heterocycles. The molecule has 0 aliphatic carbocycles. The number of halogens is 3. The molecular weight excluding hydrogens is 445 g/mol. The Morgan fingerprint density at radius 2 is 1.06 bits per heavy atom. The molecule has 31 heavy (non-hydrogen) atoms. The Hall–Kier alpha value is 0.0500. The first-order chi connectivity index (χ1) is 14.5. The number of alkyl halides is 1. The van der Waals surface area contributed by atoms with E-state index >= 15 is 0 Å². The Labute approximate surface area is 210 Å². The summed E-state index contributed by atoms with van der Waals surface area (Å²) in [6.07, 6.45) is 22.5. The van der Waals surface area contributed by atoms with E-state index in [1.807, 2.05) is 24.3 Å². The maximum Gasteiger partial charge on any atom is 0.191 e. The summed E-state index contributed by atoms with van der Waals surface area (Å²) in [5.41, 5.74) is 0.956. The van der Waals surface area contributed by atoms with Gasteiger partial charge >= 0.3 is 0 Å². The van der Waals surface area contributed by atoms with Crippen LogP contribution < -0.4 is 12.4 Å². The van der Waals surface area contributed by atoms with Crippen LogP contribution in [0.3, 0.4) is 0 Å². The molecule has 1 atom stereocenters. The molecule has 0 N–H and O–H groups in total. The van der Waals surface area contributed by atoms with Gasteiger partial charge in [0, 0.05) is 5.56 Å². The van der Waals surface area contributed by atoms with Crippen LogP contribution in [-0.4, -0.2) is 25.1 Å². The molecule has 0 heterocycles. The largest absolute Gasteiger partial charge is 1.00 e. The first kappa shape index (κ1) is 31.0. The summed E-state index contributed by atoms with van der Waals surface area (Å²) in [7, 11) is 4.43. The van der Waals surface area contributed by atoms with Gasteiger partial charge in [-0.3, -0.25) is 0 Å². The zero-order valence-electron chi connectivity index (χ0n) is 20.5. The molecule has 0 bridgehead atoms. The SMILES string of the molecule is CCCCCCCCCCCCCCCCCC[N+](C)(C)C(Cl)c1ccccc1Cl.[Cl-]. The molecule has 4 heteroatoms. The number of quaternary nitrogens is 1. The summed E-state index contributed by atoms with van der Waals surface area (Å²) in [4.78, 5) is 0. The summed E-state index contributed by atoms with van der Waals surface area (Å²) in [6, 6.07) is 7.96. The quantitative estimate of drug-likeness (QED) is 0.0850. The van der Waals surface area contributed by atoms with Crippen LogP contribution in [-0.2, 0) is 0 Å². The van der Waals surface area contributed by atoms with Crippen molar-refractivity contribution < 1.29 is 16.9 Å². The van der Waals surface area contributed by atoms with Gasteiger partial charge < -0.3 is 16.9 Å². The van der Waals surface area contributed by atoms with Crippen LogP contribution in [0.1, 0.15) is 121 Å². The summed E-state index contributed by atoms with van der Waals surface area (Å²) in [5.74, 6) is 0. The van der Waals surface area contributed by atoms with Crippen LogP contribution in [0.5, 0.6) is 0 Å². The van der Waals surface area contributed by atoms with E-state index in [2.05, 4.69) is 21.0 Å². The molecular formula is C27H48Cl3N. The van der Waals surface area contributed by atoms with E-state index < -0.39 is 0 Å². The van der Waals surface area contributed by atoms with Crippen molar-refractivity contribution in [3.63, 3.8) is 0 Å². The molecule has 0 saturated heterocycles. The highest BCUT2D eigenvalue weighted by Gasteiger charge is 2.28. The highest BCUT2D eigenvalue weighted by atomic mass is 35.5. The second kappa shape index (κ2) is 19.5. The van der Waals surface area contributed by atoms with E-state index in [0.717, 1.165) is 21.6 Å². The average Bonchev–Trinajstić information content (AvgIpc) is 2.73. The standard InChI is InChI=1S/C27H48Cl2N.ClH/c1-4-5-6-7-8-9-10-11-12-13-14-15-16-17-18-21-24-30(2,3)27(29)25-22-19-20-23-26(25)28;/h19-20,22-23,27H,4-18,21,24H2,1-3H3;1H/q+1;/p-1. The summed E-state index contributed by atoms with van der Waals surface area (Å²) in [6.45, 7) is 3.39. The van der Waals surface area contributed by atoms with Gasteiger partial charge in [0.25, 0.3) is 0 Å². The van der Waals surface area contributed by atoms with Crippen LogP contribution in [0.15, 0.2) is 24.3 Å². The number of nitrogens with zero attached hydrogens (tertiary/aromatic N) is 1. The number of rotatable bonds is 19. The molecule has 0 aliphatic heterocycles. The third-order valence-corrected chi connectivity index (χ3v) is 7.47. The second-order valence-corrected chi connectivity index (χ2v) is 10.5. The Morgan fingerprint density at radius 3 is 1.48 bits per heavy atom. The number of hydrogen-bond acceptors (Lipinski definition) is 0. The van der Waals surface area contributed by atoms with Crippen LogP contribution in [0.25, 0.3) is 0 Å². The van der Waals surface area contributed by atoms with Gasteiger partial charge in [-0.2, -0.15) is 0 Å². The van der Waals surface area contributed by atoms with E-state index in [4.69, 9.17) is 23.2 Å². The lowest BCUT2D eigenvalue weighted by molar-refractivity contribution is -0.907. The highest BCUT2D eigenvalue weighted by Crippen LogP contribution is 2.34. The number of hydrogen-bond donors (Lipinski definition) is 0. The van der Waals surface area contributed by atoms with Gasteiger partial charge in [-0.05, 0) is 18.9 Å². The lowest BCUT2D eigenvalue weighted by atomic mass is 10.0. The Morgan fingerprint density at radius 1 is 0.677 bits per heavy atom. The minimum absolute atomic E-state index is 0. The molecule has 0 amide bonds. The predicted molar refractivity (Wildman–Crippen MR) is 137 cm³/mol. The Kier molecular flexibility index (Phi) is 19.5. The van der Waals surface area contributed by atoms with E-state index in [-0.39, 0.29) is 17.9 Å². The molecule has 0 saturated carbocycles. The highest BCUT2D eigenvalue weighted by molar-refractivity contribution is 6.32. The van der Waals surface area contributed by atoms with Crippen molar-refractivity contribution in [1.82, 2.24) is 0 Å². The fraction of sp³-hybridized carbons (Fsp3) is 0.778. The van der Waals surface area contributed by atoms with Crippen LogP contribution in [0.2, 0.25) is 5.02 Å². The zero-order chi connectivity index (χ0) is 22.1. The molecule has 1 unspecified atom stereocenters. The summed E-state index contributed by atoms with van der Waals surface area (Å²) >= 11 is 13.1. The van der Waals surface area contributed by atoms with Crippen molar-refractivity contribution in [3.05, 3.63) is 34.9 Å². The third kappa shape index (κ3) is 14.7. The van der Waals surface area contributed by atoms with Crippen molar-refractivity contribution in [2.24, 2.45) is 0 Å². The molecule has 1 nitrogen and oxygen atoms in total. The molecule has 1 rings (SSSR count). The van der Waals surface area contributed by atoms with Crippen molar-refractivity contribution in [2.45, 2.75) is 115 Å². The third-order valence-electron chi connectivity index (χ3n) is 6.36. The van der Waals surface area contributed by atoms with Gasteiger partial charge in [-0.15, -0.1) is 0 Å². The zero-order valence-corrected chi connectivity index (χ0v) is 22.8. The number of unbranched alkanes of at least 4 members (excludes halogenated alkanes) is 15. The van der Waals surface area contributed by atoms with E-state index in [1.54, 1.807) is 0 Å². The van der Waals surface area contributed by atoms with Gasteiger partial charge in [0.15, 0.2) is 5.50 Å². The first-order valence-corrected chi connectivity index (χ1v) is 13.5. The first-order valence-electron chi connectivity index (χ1n) is 12.7. The monoisotopic (exact) mass is 491 g/mol. The Bertz CT molecular complexity index is 533. The molecule has 0 radical (unpaired) electrons. The van der Waals surface area contributed by atoms with Crippen molar-refractivity contribution in [3.8, 4) is 0 Å². The maximum atomic E-state index is 6.76. The molecule has 0 aliphatic rings. The van der Waals surface area contributed by atoms with Gasteiger partial charge in [0.05, 0.1) is 25.7 Å². The van der Waals surface area contributed by atoms with Crippen LogP contribution in [0, 0.1) is 0 Å². The van der Waals surface area contributed by atoms with Gasteiger partial charge in [0.1, 0.15) is 0 Å². The van der Waals surface area contributed by atoms with Crippen molar-refractivity contribution in [2.75, 3.05) is 20.6 Å².